The molecule has 3 rings (SSSR count). The van der Waals surface area contributed by atoms with Crippen LogP contribution in [0, 0.1) is 0 Å². The van der Waals surface area contributed by atoms with E-state index < -0.39 is 9.84 Å². The van der Waals surface area contributed by atoms with E-state index in [9.17, 15) is 13.2 Å². The van der Waals surface area contributed by atoms with Crippen LogP contribution in [0.1, 0.15) is 10.4 Å². The molecule has 0 saturated carbocycles. The molecule has 0 unspecified atom stereocenters. The average molecular weight is 340 g/mol. The van der Waals surface area contributed by atoms with Crippen molar-refractivity contribution in [1.29, 1.82) is 0 Å². The zero-order chi connectivity index (χ0) is 17.0. The normalized spacial score (nSPS) is 11.3. The molecule has 1 aromatic heterocycles. The summed E-state index contributed by atoms with van der Waals surface area (Å²) in [5.74, 6) is -0.483. The molecule has 0 spiro atoms. The number of carbonyl (C=O) groups is 1. The predicted molar refractivity (Wildman–Crippen MR) is 92.6 cm³/mol. The van der Waals surface area contributed by atoms with E-state index in [1.54, 1.807) is 54.7 Å². The van der Waals surface area contributed by atoms with E-state index in [0.29, 0.717) is 11.1 Å². The zero-order valence-corrected chi connectivity index (χ0v) is 13.7. The molecule has 0 aliphatic carbocycles. The Hall–Kier alpha value is -2.73. The lowest BCUT2D eigenvalue weighted by Gasteiger charge is -2.08. The van der Waals surface area contributed by atoms with E-state index in [1.165, 1.54) is 0 Å². The Bertz CT molecular complexity index is 964. The van der Waals surface area contributed by atoms with Crippen LogP contribution >= 0.6 is 0 Å². The molecule has 0 aliphatic heterocycles. The van der Waals surface area contributed by atoms with Crippen molar-refractivity contribution in [2.45, 2.75) is 4.90 Å². The number of para-hydroxylation sites is 1. The number of sulfone groups is 1. The fraction of sp³-hybridized carbons (Fsp3) is 0.111. The van der Waals surface area contributed by atoms with Gasteiger partial charge >= 0.3 is 0 Å². The first-order valence-corrected chi connectivity index (χ1v) is 9.13. The maximum absolute atomic E-state index is 12.3. The first-order valence-electron chi connectivity index (χ1n) is 7.48. The topological polar surface area (TPSA) is 76.1 Å². The van der Waals surface area contributed by atoms with E-state index in [0.717, 1.165) is 5.39 Å². The van der Waals surface area contributed by atoms with Crippen molar-refractivity contribution in [3.63, 3.8) is 0 Å². The second kappa shape index (κ2) is 6.80. The van der Waals surface area contributed by atoms with Gasteiger partial charge in [0.05, 0.1) is 21.7 Å². The summed E-state index contributed by atoms with van der Waals surface area (Å²) in [5.41, 5.74) is 1.04. The minimum absolute atomic E-state index is 0.0410. The minimum atomic E-state index is -3.41. The molecule has 2 aromatic carbocycles. The van der Waals surface area contributed by atoms with Crippen LogP contribution < -0.4 is 5.32 Å². The molecule has 0 aliphatic rings. The van der Waals surface area contributed by atoms with Gasteiger partial charge in [0, 0.05) is 18.1 Å². The molecule has 1 amide bonds. The maximum atomic E-state index is 12.3. The van der Waals surface area contributed by atoms with Gasteiger partial charge < -0.3 is 5.32 Å². The third-order valence-corrected chi connectivity index (χ3v) is 5.37. The van der Waals surface area contributed by atoms with Crippen molar-refractivity contribution >= 4 is 26.6 Å². The SMILES string of the molecule is O=C(NCCS(=O)(=O)c1ccccc1)c1cccc2cccnc12. The van der Waals surface area contributed by atoms with Crippen LogP contribution in [0.2, 0.25) is 0 Å². The summed E-state index contributed by atoms with van der Waals surface area (Å²) in [4.78, 5) is 16.8. The summed E-state index contributed by atoms with van der Waals surface area (Å²) >= 11 is 0. The van der Waals surface area contributed by atoms with Gasteiger partial charge in [-0.2, -0.15) is 0 Å². The minimum Gasteiger partial charge on any atom is -0.351 e. The Morgan fingerprint density at radius 1 is 0.958 bits per heavy atom. The lowest BCUT2D eigenvalue weighted by Crippen LogP contribution is -2.29. The third-order valence-electron chi connectivity index (χ3n) is 3.64. The fourth-order valence-corrected chi connectivity index (χ4v) is 3.61. The highest BCUT2D eigenvalue weighted by atomic mass is 32.2. The third kappa shape index (κ3) is 3.44. The lowest BCUT2D eigenvalue weighted by atomic mass is 10.1. The van der Waals surface area contributed by atoms with Crippen molar-refractivity contribution < 1.29 is 13.2 Å². The quantitative estimate of drug-likeness (QED) is 0.774. The van der Waals surface area contributed by atoms with E-state index >= 15 is 0 Å². The summed E-state index contributed by atoms with van der Waals surface area (Å²) in [6, 6.07) is 17.2. The van der Waals surface area contributed by atoms with Crippen LogP contribution in [-0.2, 0) is 9.84 Å². The Balaban J connectivity index is 1.70. The Labute approximate surface area is 140 Å². The first kappa shape index (κ1) is 16.1. The molecule has 1 heterocycles. The van der Waals surface area contributed by atoms with Gasteiger partial charge in [0.15, 0.2) is 9.84 Å². The number of hydrogen-bond donors (Lipinski definition) is 1. The van der Waals surface area contributed by atoms with Gasteiger partial charge in [-0.05, 0) is 24.3 Å². The lowest BCUT2D eigenvalue weighted by molar-refractivity contribution is 0.0957. The number of aromatic nitrogens is 1. The van der Waals surface area contributed by atoms with Crippen LogP contribution in [0.5, 0.6) is 0 Å². The van der Waals surface area contributed by atoms with E-state index in [4.69, 9.17) is 0 Å². The van der Waals surface area contributed by atoms with Crippen LogP contribution in [0.3, 0.4) is 0 Å². The summed E-state index contributed by atoms with van der Waals surface area (Å²) in [6.45, 7) is 0.0410. The molecule has 5 nitrogen and oxygen atoms in total. The highest BCUT2D eigenvalue weighted by molar-refractivity contribution is 7.91. The Morgan fingerprint density at radius 2 is 1.71 bits per heavy atom. The molecular weight excluding hydrogens is 324 g/mol. The van der Waals surface area contributed by atoms with Crippen LogP contribution in [0.4, 0.5) is 0 Å². The number of rotatable bonds is 5. The first-order chi connectivity index (χ1) is 11.6. The molecule has 0 atom stereocenters. The number of benzene rings is 2. The monoisotopic (exact) mass is 340 g/mol. The molecule has 6 heteroatoms. The molecule has 24 heavy (non-hydrogen) atoms. The number of fused-ring (bicyclic) bond motifs is 1. The van der Waals surface area contributed by atoms with E-state index in [2.05, 4.69) is 10.3 Å². The Kier molecular flexibility index (Phi) is 4.57. The molecule has 0 bridgehead atoms. The van der Waals surface area contributed by atoms with Gasteiger partial charge in [0.2, 0.25) is 0 Å². The van der Waals surface area contributed by atoms with Crippen molar-refractivity contribution in [2.24, 2.45) is 0 Å². The van der Waals surface area contributed by atoms with Gasteiger partial charge in [0.1, 0.15) is 0 Å². The Morgan fingerprint density at radius 3 is 2.50 bits per heavy atom. The average Bonchev–Trinajstić information content (AvgIpc) is 2.61. The second-order valence-corrected chi connectivity index (χ2v) is 7.38. The van der Waals surface area contributed by atoms with Crippen LogP contribution in [0.15, 0.2) is 71.8 Å². The van der Waals surface area contributed by atoms with Crippen LogP contribution in [0.25, 0.3) is 10.9 Å². The number of carbonyl (C=O) groups excluding carboxylic acids is 1. The number of amides is 1. The number of nitrogens with zero attached hydrogens (tertiary/aromatic N) is 1. The second-order valence-electron chi connectivity index (χ2n) is 5.27. The molecule has 0 radical (unpaired) electrons. The number of hydrogen-bond acceptors (Lipinski definition) is 4. The molecule has 3 aromatic rings. The summed E-state index contributed by atoms with van der Waals surface area (Å²) in [6.07, 6.45) is 1.62. The van der Waals surface area contributed by atoms with Crippen molar-refractivity contribution in [2.75, 3.05) is 12.3 Å². The van der Waals surface area contributed by atoms with E-state index in [-0.39, 0.29) is 23.1 Å². The summed E-state index contributed by atoms with van der Waals surface area (Å²) in [5, 5.41) is 3.52. The van der Waals surface area contributed by atoms with Gasteiger partial charge in [-0.3, -0.25) is 9.78 Å². The zero-order valence-electron chi connectivity index (χ0n) is 12.8. The highest BCUT2D eigenvalue weighted by Gasteiger charge is 2.15. The van der Waals surface area contributed by atoms with Crippen molar-refractivity contribution in [3.8, 4) is 0 Å². The molecule has 122 valence electrons. The van der Waals surface area contributed by atoms with Gasteiger partial charge in [-0.25, -0.2) is 8.42 Å². The summed E-state index contributed by atoms with van der Waals surface area (Å²) < 4.78 is 24.4. The van der Waals surface area contributed by atoms with Crippen molar-refractivity contribution in [3.05, 3.63) is 72.4 Å². The van der Waals surface area contributed by atoms with E-state index in [1.807, 2.05) is 12.1 Å². The van der Waals surface area contributed by atoms with Gasteiger partial charge in [-0.15, -0.1) is 0 Å². The predicted octanol–water partition coefficient (Wildman–Crippen LogP) is 2.44. The van der Waals surface area contributed by atoms with Gasteiger partial charge in [0.25, 0.3) is 5.91 Å². The summed E-state index contributed by atoms with van der Waals surface area (Å²) in [7, 11) is -3.41. The molecular formula is C18H16N2O3S. The van der Waals surface area contributed by atoms with Gasteiger partial charge in [-0.1, -0.05) is 36.4 Å². The smallest absolute Gasteiger partial charge is 0.253 e. The number of nitrogens with one attached hydrogen (secondary N) is 1. The van der Waals surface area contributed by atoms with Crippen LogP contribution in [-0.4, -0.2) is 31.6 Å². The van der Waals surface area contributed by atoms with Crippen molar-refractivity contribution in [1.82, 2.24) is 10.3 Å². The molecule has 1 N–H and O–H groups in total. The molecule has 0 saturated heterocycles. The molecule has 0 fully saturated rings. The standard InChI is InChI=1S/C18H16N2O3S/c21-18(16-10-4-6-14-7-5-11-19-17(14)16)20-12-13-24(22,23)15-8-2-1-3-9-15/h1-11H,12-13H2,(H,20,21). The fourth-order valence-electron chi connectivity index (χ4n) is 2.43. The number of pyridine rings is 1. The maximum Gasteiger partial charge on any atom is 0.253 e. The highest BCUT2D eigenvalue weighted by Crippen LogP contribution is 2.15. The largest absolute Gasteiger partial charge is 0.351 e.